The molecule has 1 atom stereocenters. The zero-order valence-electron chi connectivity index (χ0n) is 21.2. The number of halogens is 1. The molecule has 4 aromatic rings. The number of ether oxygens (including phenoxy) is 1. The van der Waals surface area contributed by atoms with Crippen LogP contribution in [0.25, 0.3) is 0 Å². The highest BCUT2D eigenvalue weighted by molar-refractivity contribution is 7.09. The molecule has 194 valence electrons. The van der Waals surface area contributed by atoms with Crippen LogP contribution in [-0.4, -0.2) is 28.2 Å². The minimum Gasteiger partial charge on any atom is -0.486 e. The predicted molar refractivity (Wildman–Crippen MR) is 146 cm³/mol. The second-order valence-corrected chi connectivity index (χ2v) is 10.2. The largest absolute Gasteiger partial charge is 0.486 e. The van der Waals surface area contributed by atoms with Gasteiger partial charge in [0, 0.05) is 24.0 Å². The van der Waals surface area contributed by atoms with Crippen LogP contribution in [0.2, 0.25) is 0 Å². The van der Waals surface area contributed by atoms with Crippen molar-refractivity contribution in [3.8, 4) is 5.75 Å². The Morgan fingerprint density at radius 3 is 2.71 bits per heavy atom. The van der Waals surface area contributed by atoms with E-state index in [0.717, 1.165) is 17.5 Å². The Morgan fingerprint density at radius 2 is 1.95 bits per heavy atom. The number of hydrogen-bond acceptors (Lipinski definition) is 5. The number of anilines is 1. The third kappa shape index (κ3) is 5.60. The second-order valence-electron chi connectivity index (χ2n) is 9.24. The van der Waals surface area contributed by atoms with Crippen LogP contribution in [0.5, 0.6) is 5.75 Å². The van der Waals surface area contributed by atoms with Crippen molar-refractivity contribution < 1.29 is 18.7 Å². The van der Waals surface area contributed by atoms with Gasteiger partial charge in [0.1, 0.15) is 28.9 Å². The van der Waals surface area contributed by atoms with Gasteiger partial charge in [-0.2, -0.15) is 0 Å². The molecule has 0 saturated carbocycles. The zero-order valence-corrected chi connectivity index (χ0v) is 22.1. The quantitative estimate of drug-likeness (QED) is 0.305. The van der Waals surface area contributed by atoms with Crippen LogP contribution in [0.3, 0.4) is 0 Å². The summed E-state index contributed by atoms with van der Waals surface area (Å²) in [4.78, 5) is 31.7. The van der Waals surface area contributed by atoms with E-state index < -0.39 is 11.7 Å². The summed E-state index contributed by atoms with van der Waals surface area (Å²) in [7, 11) is 0. The van der Waals surface area contributed by atoms with Gasteiger partial charge in [-0.25, -0.2) is 9.37 Å². The third-order valence-electron chi connectivity index (χ3n) is 6.59. The fraction of sp³-hybridized carbons (Fsp3) is 0.233. The molecule has 0 bridgehead atoms. The number of carbonyl (C=O) groups excluding carboxylic acids is 2. The van der Waals surface area contributed by atoms with Crippen molar-refractivity contribution in [1.29, 1.82) is 0 Å². The Labute approximate surface area is 225 Å². The summed E-state index contributed by atoms with van der Waals surface area (Å²) in [5.74, 6) is -0.0347. The second kappa shape index (κ2) is 11.1. The number of thiazole rings is 1. The summed E-state index contributed by atoms with van der Waals surface area (Å²) in [6.45, 7) is 4.82. The molecule has 2 amide bonds. The van der Waals surface area contributed by atoms with Crippen LogP contribution >= 0.6 is 11.3 Å². The number of hydrogen-bond donors (Lipinski definition) is 1. The Hall–Kier alpha value is -4.04. The minimum atomic E-state index is -0.424. The summed E-state index contributed by atoms with van der Waals surface area (Å²) in [5, 5.41) is 4.95. The first-order chi connectivity index (χ1) is 18.4. The molecule has 1 N–H and O–H groups in total. The maximum absolute atomic E-state index is 13.4. The number of fused-ring (bicyclic) bond motifs is 1. The average Bonchev–Trinajstić information content (AvgIpc) is 3.41. The van der Waals surface area contributed by atoms with Crippen molar-refractivity contribution >= 4 is 28.8 Å². The van der Waals surface area contributed by atoms with Gasteiger partial charge in [0.15, 0.2) is 0 Å². The lowest BCUT2D eigenvalue weighted by atomic mass is 9.87. The van der Waals surface area contributed by atoms with Crippen LogP contribution in [0.1, 0.15) is 57.1 Å². The molecule has 0 radical (unpaired) electrons. The Balaban J connectivity index is 1.33. The van der Waals surface area contributed by atoms with E-state index >= 15 is 0 Å². The summed E-state index contributed by atoms with van der Waals surface area (Å²) in [5.41, 5.74) is 5.12. The molecule has 0 aliphatic carbocycles. The summed E-state index contributed by atoms with van der Waals surface area (Å²) in [6.07, 6.45) is 1.24. The molecule has 1 aromatic heterocycles. The van der Waals surface area contributed by atoms with Crippen molar-refractivity contribution in [3.05, 3.63) is 111 Å². The number of amides is 2. The van der Waals surface area contributed by atoms with Gasteiger partial charge < -0.3 is 15.0 Å². The number of benzene rings is 3. The standard InChI is InChI=1S/C30H28FN3O3S/c1-3-28(35)34-14-13-20-11-12-24(16-25(20)29(34)21-9-7-19(2)8-10-21)37-17-27-33-26(18-38-27)30(36)32-23-6-4-5-22(31)15-23/h4-12,15-16,18,29H,3,13-14,17H2,1-2H3,(H,32,36). The van der Waals surface area contributed by atoms with Crippen LogP contribution in [0.4, 0.5) is 10.1 Å². The van der Waals surface area contributed by atoms with Crippen molar-refractivity contribution in [3.63, 3.8) is 0 Å². The zero-order chi connectivity index (χ0) is 26.6. The molecule has 1 unspecified atom stereocenters. The normalized spacial score (nSPS) is 14.6. The Morgan fingerprint density at radius 1 is 1.13 bits per heavy atom. The first-order valence-electron chi connectivity index (χ1n) is 12.5. The fourth-order valence-electron chi connectivity index (χ4n) is 4.65. The SMILES string of the molecule is CCC(=O)N1CCc2ccc(OCc3nc(C(=O)Nc4cccc(F)c4)cs3)cc2C1c1ccc(C)cc1. The monoisotopic (exact) mass is 529 g/mol. The maximum Gasteiger partial charge on any atom is 0.275 e. The van der Waals surface area contributed by atoms with Crippen molar-refractivity contribution in [1.82, 2.24) is 9.88 Å². The average molecular weight is 530 g/mol. The van der Waals surface area contributed by atoms with Gasteiger partial charge in [0.25, 0.3) is 5.91 Å². The first kappa shape index (κ1) is 25.6. The predicted octanol–water partition coefficient (Wildman–Crippen LogP) is 6.31. The molecule has 5 rings (SSSR count). The summed E-state index contributed by atoms with van der Waals surface area (Å²) in [6, 6.07) is 19.9. The number of nitrogens with zero attached hydrogens (tertiary/aromatic N) is 2. The smallest absolute Gasteiger partial charge is 0.275 e. The first-order valence-corrected chi connectivity index (χ1v) is 13.4. The van der Waals surface area contributed by atoms with E-state index in [9.17, 15) is 14.0 Å². The van der Waals surface area contributed by atoms with Gasteiger partial charge in [-0.3, -0.25) is 9.59 Å². The molecule has 0 saturated heterocycles. The van der Waals surface area contributed by atoms with Crippen molar-refractivity contribution in [2.75, 3.05) is 11.9 Å². The van der Waals surface area contributed by atoms with Crippen LogP contribution in [-0.2, 0) is 17.8 Å². The number of aryl methyl sites for hydroxylation is 1. The number of aromatic nitrogens is 1. The fourth-order valence-corrected chi connectivity index (χ4v) is 5.34. The lowest BCUT2D eigenvalue weighted by Gasteiger charge is -2.38. The third-order valence-corrected chi connectivity index (χ3v) is 7.41. The summed E-state index contributed by atoms with van der Waals surface area (Å²) < 4.78 is 19.5. The molecular formula is C30H28FN3O3S. The van der Waals surface area contributed by atoms with Gasteiger partial charge >= 0.3 is 0 Å². The number of nitrogens with one attached hydrogen (secondary N) is 1. The topological polar surface area (TPSA) is 71.5 Å². The number of carbonyl (C=O) groups is 2. The van der Waals surface area contributed by atoms with E-state index in [-0.39, 0.29) is 24.2 Å². The maximum atomic E-state index is 13.4. The minimum absolute atomic E-state index is 0.124. The molecule has 1 aliphatic heterocycles. The van der Waals surface area contributed by atoms with E-state index in [0.29, 0.717) is 29.4 Å². The molecule has 38 heavy (non-hydrogen) atoms. The van der Waals surface area contributed by atoms with E-state index in [1.807, 2.05) is 24.0 Å². The molecular weight excluding hydrogens is 501 g/mol. The molecule has 0 spiro atoms. The van der Waals surface area contributed by atoms with E-state index in [4.69, 9.17) is 4.74 Å². The van der Waals surface area contributed by atoms with Crippen LogP contribution in [0, 0.1) is 12.7 Å². The van der Waals surface area contributed by atoms with Crippen molar-refractivity contribution in [2.45, 2.75) is 39.3 Å². The number of rotatable bonds is 7. The van der Waals surface area contributed by atoms with E-state index in [1.54, 1.807) is 11.4 Å². The molecule has 1 aliphatic rings. The Bertz CT molecular complexity index is 1470. The van der Waals surface area contributed by atoms with Gasteiger partial charge in [-0.15, -0.1) is 11.3 Å². The highest BCUT2D eigenvalue weighted by atomic mass is 32.1. The van der Waals surface area contributed by atoms with Crippen LogP contribution in [0.15, 0.2) is 72.1 Å². The lowest BCUT2D eigenvalue weighted by Crippen LogP contribution is -2.40. The van der Waals surface area contributed by atoms with Gasteiger partial charge in [0.05, 0.1) is 6.04 Å². The van der Waals surface area contributed by atoms with Crippen molar-refractivity contribution in [2.24, 2.45) is 0 Å². The van der Waals surface area contributed by atoms with E-state index in [1.165, 1.54) is 40.7 Å². The molecule has 8 heteroatoms. The molecule has 3 aromatic carbocycles. The van der Waals surface area contributed by atoms with Gasteiger partial charge in [-0.05, 0) is 60.4 Å². The molecule has 2 heterocycles. The van der Waals surface area contributed by atoms with E-state index in [2.05, 4.69) is 47.6 Å². The summed E-state index contributed by atoms with van der Waals surface area (Å²) >= 11 is 1.32. The van der Waals surface area contributed by atoms with Gasteiger partial charge in [0.2, 0.25) is 5.91 Å². The molecule has 6 nitrogen and oxygen atoms in total. The lowest BCUT2D eigenvalue weighted by molar-refractivity contribution is -0.132. The highest BCUT2D eigenvalue weighted by Crippen LogP contribution is 2.37. The Kier molecular flexibility index (Phi) is 7.51. The van der Waals surface area contributed by atoms with Gasteiger partial charge in [-0.1, -0.05) is 48.9 Å². The van der Waals surface area contributed by atoms with Crippen LogP contribution < -0.4 is 10.1 Å². The molecule has 0 fully saturated rings. The highest BCUT2D eigenvalue weighted by Gasteiger charge is 2.31.